The maximum absolute atomic E-state index is 12.7. The normalized spacial score (nSPS) is 27.6. The van der Waals surface area contributed by atoms with Crippen molar-refractivity contribution >= 4 is 23.0 Å². The number of nitrogens with zero attached hydrogens (tertiary/aromatic N) is 2. The summed E-state index contributed by atoms with van der Waals surface area (Å²) in [7, 11) is 0. The number of Topliss-reactive ketones (excluding diaryl/α,β-unsaturated/α-hetero) is 1. The molecule has 26 heavy (non-hydrogen) atoms. The van der Waals surface area contributed by atoms with E-state index in [4.69, 9.17) is 0 Å². The lowest BCUT2D eigenvalue weighted by Gasteiger charge is -2.43. The summed E-state index contributed by atoms with van der Waals surface area (Å²) in [5, 5.41) is 0. The number of hydrogen-bond acceptors (Lipinski definition) is 3. The Balaban J connectivity index is 1.83. The standard InChI is InChI=1S/C22H28N2O2/c1-13-9-10-17-16(12-23-14(2)7-6-8-15(23)3)11-22(4,5)24-19(17)18(13)20(25)21(24)26/h9-11,14-15H,6-8,12H2,1-5H3/t14-,15-/m0/s1. The maximum Gasteiger partial charge on any atom is 0.300 e. The topological polar surface area (TPSA) is 40.6 Å². The summed E-state index contributed by atoms with van der Waals surface area (Å²) in [6, 6.07) is 5.19. The molecule has 0 aromatic heterocycles. The van der Waals surface area contributed by atoms with E-state index in [0.717, 1.165) is 23.4 Å². The number of likely N-dealkylation sites (tertiary alicyclic amines) is 1. The molecule has 3 aliphatic rings. The summed E-state index contributed by atoms with van der Waals surface area (Å²) in [6.45, 7) is 11.5. The van der Waals surface area contributed by atoms with Crippen molar-refractivity contribution in [1.29, 1.82) is 0 Å². The molecule has 0 bridgehead atoms. The number of rotatable bonds is 2. The van der Waals surface area contributed by atoms with E-state index in [1.165, 1.54) is 24.8 Å². The number of carbonyl (C=O) groups excluding carboxylic acids is 2. The number of aryl methyl sites for hydroxylation is 1. The highest BCUT2D eigenvalue weighted by molar-refractivity contribution is 6.53. The highest BCUT2D eigenvalue weighted by atomic mass is 16.2. The number of anilines is 1. The molecule has 1 amide bonds. The molecule has 3 aliphatic heterocycles. The van der Waals surface area contributed by atoms with Crippen molar-refractivity contribution in [3.05, 3.63) is 34.9 Å². The molecule has 2 atom stereocenters. The second-order valence-corrected chi connectivity index (χ2v) is 8.75. The fourth-order valence-corrected chi connectivity index (χ4v) is 5.01. The van der Waals surface area contributed by atoms with E-state index in [-0.39, 0.29) is 5.78 Å². The molecule has 0 radical (unpaired) electrons. The van der Waals surface area contributed by atoms with E-state index in [0.29, 0.717) is 17.6 Å². The van der Waals surface area contributed by atoms with Gasteiger partial charge in [0.2, 0.25) is 0 Å². The largest absolute Gasteiger partial charge is 0.300 e. The van der Waals surface area contributed by atoms with Crippen molar-refractivity contribution in [3.8, 4) is 0 Å². The molecule has 1 aromatic carbocycles. The Morgan fingerprint density at radius 2 is 1.77 bits per heavy atom. The Labute approximate surface area is 155 Å². The molecule has 1 aromatic rings. The molecule has 3 heterocycles. The van der Waals surface area contributed by atoms with E-state index in [1.54, 1.807) is 4.90 Å². The van der Waals surface area contributed by atoms with Crippen LogP contribution >= 0.6 is 0 Å². The van der Waals surface area contributed by atoms with Gasteiger partial charge in [-0.2, -0.15) is 0 Å². The predicted octanol–water partition coefficient (Wildman–Crippen LogP) is 3.96. The lowest BCUT2D eigenvalue weighted by atomic mass is 9.86. The molecule has 0 N–H and O–H groups in total. The Bertz CT molecular complexity index is 827. The van der Waals surface area contributed by atoms with Crippen LogP contribution in [0.4, 0.5) is 5.69 Å². The van der Waals surface area contributed by atoms with Gasteiger partial charge >= 0.3 is 0 Å². The Kier molecular flexibility index (Phi) is 3.88. The molecule has 138 valence electrons. The minimum atomic E-state index is -0.490. The maximum atomic E-state index is 12.7. The van der Waals surface area contributed by atoms with Gasteiger partial charge in [-0.15, -0.1) is 0 Å². The minimum absolute atomic E-state index is 0.359. The molecule has 1 saturated heterocycles. The van der Waals surface area contributed by atoms with Crippen LogP contribution in [0.25, 0.3) is 5.57 Å². The van der Waals surface area contributed by atoms with Crippen molar-refractivity contribution in [2.75, 3.05) is 11.4 Å². The summed E-state index contributed by atoms with van der Waals surface area (Å²) in [5.74, 6) is -0.752. The van der Waals surface area contributed by atoms with Crippen molar-refractivity contribution in [2.24, 2.45) is 0 Å². The lowest BCUT2D eigenvalue weighted by Crippen LogP contribution is -2.49. The van der Waals surface area contributed by atoms with Crippen LogP contribution in [0, 0.1) is 6.92 Å². The SMILES string of the molecule is Cc1ccc2c3c1C(=O)C(=O)N3C(C)(C)C=C2CN1[C@@H](C)CCC[C@@H]1C. The number of ketones is 1. The van der Waals surface area contributed by atoms with Crippen LogP contribution < -0.4 is 4.90 Å². The van der Waals surface area contributed by atoms with Gasteiger partial charge in [0.05, 0.1) is 16.8 Å². The third kappa shape index (κ3) is 2.38. The molecule has 4 nitrogen and oxygen atoms in total. The molecule has 0 unspecified atom stereocenters. The second-order valence-electron chi connectivity index (χ2n) is 8.75. The minimum Gasteiger partial charge on any atom is -0.295 e. The first-order chi connectivity index (χ1) is 12.2. The third-order valence-corrected chi connectivity index (χ3v) is 6.41. The number of carbonyl (C=O) groups is 2. The van der Waals surface area contributed by atoms with Crippen molar-refractivity contribution in [1.82, 2.24) is 4.90 Å². The molecule has 1 fully saturated rings. The molecule has 0 saturated carbocycles. The molecular formula is C22H28N2O2. The van der Waals surface area contributed by atoms with E-state index in [2.05, 4.69) is 30.9 Å². The average molecular weight is 352 g/mol. The highest BCUT2D eigenvalue weighted by Gasteiger charge is 2.47. The van der Waals surface area contributed by atoms with Gasteiger partial charge in [0.1, 0.15) is 0 Å². The van der Waals surface area contributed by atoms with Crippen LogP contribution in [0.5, 0.6) is 0 Å². The van der Waals surface area contributed by atoms with Gasteiger partial charge in [0.15, 0.2) is 0 Å². The van der Waals surface area contributed by atoms with Crippen LogP contribution in [-0.2, 0) is 4.79 Å². The van der Waals surface area contributed by atoms with E-state index in [1.807, 2.05) is 26.8 Å². The molecule has 4 rings (SSSR count). The van der Waals surface area contributed by atoms with Gasteiger partial charge in [-0.1, -0.05) is 24.6 Å². The average Bonchev–Trinajstić information content (AvgIpc) is 2.83. The summed E-state index contributed by atoms with van der Waals surface area (Å²) in [4.78, 5) is 29.6. The van der Waals surface area contributed by atoms with Gasteiger partial charge in [-0.05, 0) is 58.6 Å². The zero-order valence-corrected chi connectivity index (χ0v) is 16.4. The zero-order valence-electron chi connectivity index (χ0n) is 16.4. The first-order valence-electron chi connectivity index (χ1n) is 9.72. The Morgan fingerprint density at radius 3 is 2.42 bits per heavy atom. The van der Waals surface area contributed by atoms with Gasteiger partial charge in [-0.3, -0.25) is 19.4 Å². The Morgan fingerprint density at radius 1 is 1.12 bits per heavy atom. The molecule has 0 aliphatic carbocycles. The lowest BCUT2D eigenvalue weighted by molar-refractivity contribution is -0.115. The van der Waals surface area contributed by atoms with Crippen molar-refractivity contribution in [3.63, 3.8) is 0 Å². The predicted molar refractivity (Wildman–Crippen MR) is 105 cm³/mol. The summed E-state index contributed by atoms with van der Waals surface area (Å²) < 4.78 is 0. The highest BCUT2D eigenvalue weighted by Crippen LogP contribution is 2.46. The van der Waals surface area contributed by atoms with Crippen molar-refractivity contribution < 1.29 is 9.59 Å². The monoisotopic (exact) mass is 352 g/mol. The third-order valence-electron chi connectivity index (χ3n) is 6.41. The second kappa shape index (κ2) is 5.78. The first-order valence-corrected chi connectivity index (χ1v) is 9.72. The zero-order chi connectivity index (χ0) is 18.8. The van der Waals surface area contributed by atoms with Gasteiger partial charge < -0.3 is 0 Å². The van der Waals surface area contributed by atoms with Gasteiger partial charge in [0, 0.05) is 24.2 Å². The van der Waals surface area contributed by atoms with E-state index >= 15 is 0 Å². The Hall–Kier alpha value is -1.94. The van der Waals surface area contributed by atoms with Gasteiger partial charge in [-0.25, -0.2) is 0 Å². The van der Waals surface area contributed by atoms with E-state index < -0.39 is 11.4 Å². The first kappa shape index (κ1) is 17.5. The molecule has 0 spiro atoms. The fraction of sp³-hybridized carbons (Fsp3) is 0.545. The van der Waals surface area contributed by atoms with E-state index in [9.17, 15) is 9.59 Å². The van der Waals surface area contributed by atoms with Crippen molar-refractivity contribution in [2.45, 2.75) is 71.5 Å². The quantitative estimate of drug-likeness (QED) is 0.757. The number of hydrogen-bond donors (Lipinski definition) is 0. The summed E-state index contributed by atoms with van der Waals surface area (Å²) in [6.07, 6.45) is 5.95. The van der Waals surface area contributed by atoms with Crippen LogP contribution in [0.3, 0.4) is 0 Å². The van der Waals surface area contributed by atoms with Crippen LogP contribution in [0.2, 0.25) is 0 Å². The number of piperidine rings is 1. The smallest absolute Gasteiger partial charge is 0.295 e. The van der Waals surface area contributed by atoms with Crippen LogP contribution in [-0.4, -0.2) is 40.8 Å². The van der Waals surface area contributed by atoms with Crippen LogP contribution in [0.1, 0.15) is 68.4 Å². The van der Waals surface area contributed by atoms with Gasteiger partial charge in [0.25, 0.3) is 11.7 Å². The molecular weight excluding hydrogens is 324 g/mol. The summed E-state index contributed by atoms with van der Waals surface area (Å²) >= 11 is 0. The fourth-order valence-electron chi connectivity index (χ4n) is 5.01. The van der Waals surface area contributed by atoms with Crippen LogP contribution in [0.15, 0.2) is 18.2 Å². The summed E-state index contributed by atoms with van der Waals surface area (Å²) in [5.41, 5.74) is 4.13. The number of amides is 1. The molecule has 4 heteroatoms. The number of benzene rings is 1.